The van der Waals surface area contributed by atoms with E-state index in [0.717, 1.165) is 0 Å². The van der Waals surface area contributed by atoms with Crippen LogP contribution >= 0.6 is 0 Å². The maximum Gasteiger partial charge on any atom is 0.261 e. The van der Waals surface area contributed by atoms with Crippen molar-refractivity contribution in [3.8, 4) is 11.5 Å². The highest BCUT2D eigenvalue weighted by atomic mass is 32.2. The molecule has 0 aromatic carbocycles. The monoisotopic (exact) mass is 336 g/mol. The zero-order valence-electron chi connectivity index (χ0n) is 12.5. The molecule has 1 fully saturated rings. The highest BCUT2D eigenvalue weighted by Gasteiger charge is 2.39. The van der Waals surface area contributed by atoms with Gasteiger partial charge in [0.1, 0.15) is 11.3 Å². The largest absolute Gasteiger partial charge is 0.463 e. The van der Waals surface area contributed by atoms with Crippen molar-refractivity contribution in [1.29, 1.82) is 0 Å². The first-order valence-electron chi connectivity index (χ1n) is 7.08. The second-order valence-corrected chi connectivity index (χ2v) is 8.13. The molecule has 2 N–H and O–H groups in total. The van der Waals surface area contributed by atoms with Gasteiger partial charge in [-0.1, -0.05) is 0 Å². The lowest BCUT2D eigenvalue weighted by atomic mass is 10.0. The molecule has 1 aliphatic rings. The normalized spacial score (nSPS) is 22.8. The van der Waals surface area contributed by atoms with Gasteiger partial charge >= 0.3 is 0 Å². The van der Waals surface area contributed by atoms with E-state index in [1.54, 1.807) is 25.1 Å². The van der Waals surface area contributed by atoms with Crippen molar-refractivity contribution in [1.82, 2.24) is 10.3 Å². The Morgan fingerprint density at radius 3 is 2.70 bits per heavy atom. The molecule has 0 unspecified atom stereocenters. The number of aromatic nitrogens is 1. The number of aromatic amines is 1. The van der Waals surface area contributed by atoms with Crippen molar-refractivity contribution >= 4 is 15.7 Å². The van der Waals surface area contributed by atoms with Crippen molar-refractivity contribution in [2.45, 2.75) is 18.9 Å². The quantitative estimate of drug-likeness (QED) is 0.867. The van der Waals surface area contributed by atoms with E-state index in [-0.39, 0.29) is 17.1 Å². The second-order valence-electron chi connectivity index (χ2n) is 5.95. The van der Waals surface area contributed by atoms with Crippen LogP contribution in [0.2, 0.25) is 0 Å². The number of pyridine rings is 1. The van der Waals surface area contributed by atoms with Crippen molar-refractivity contribution in [2.75, 3.05) is 11.5 Å². The summed E-state index contributed by atoms with van der Waals surface area (Å²) in [6.45, 7) is 1.67. The number of carbonyl (C=O) groups is 1. The number of sulfone groups is 1. The molecule has 3 rings (SSSR count). The first kappa shape index (κ1) is 15.5. The molecule has 2 aromatic rings. The van der Waals surface area contributed by atoms with E-state index >= 15 is 0 Å². The molecule has 7 nitrogen and oxygen atoms in total. The summed E-state index contributed by atoms with van der Waals surface area (Å²) >= 11 is 0. The Hall–Kier alpha value is -2.35. The lowest BCUT2D eigenvalue weighted by Crippen LogP contribution is -2.48. The van der Waals surface area contributed by atoms with Crippen LogP contribution < -0.4 is 10.9 Å². The van der Waals surface area contributed by atoms with Crippen LogP contribution in [0.5, 0.6) is 0 Å². The van der Waals surface area contributed by atoms with Crippen LogP contribution in [0, 0.1) is 0 Å². The summed E-state index contributed by atoms with van der Waals surface area (Å²) in [6.07, 6.45) is 1.82. The van der Waals surface area contributed by atoms with Crippen LogP contribution in [0.1, 0.15) is 23.7 Å². The van der Waals surface area contributed by atoms with Crippen molar-refractivity contribution in [3.63, 3.8) is 0 Å². The van der Waals surface area contributed by atoms with Gasteiger partial charge in [-0.25, -0.2) is 8.42 Å². The van der Waals surface area contributed by atoms with E-state index in [2.05, 4.69) is 10.3 Å². The Kier molecular flexibility index (Phi) is 3.63. The second kappa shape index (κ2) is 5.38. The fraction of sp³-hybridized carbons (Fsp3) is 0.333. The Bertz CT molecular complexity index is 898. The van der Waals surface area contributed by atoms with Gasteiger partial charge in [-0.2, -0.15) is 0 Å². The van der Waals surface area contributed by atoms with Crippen LogP contribution in [0.4, 0.5) is 0 Å². The maximum atomic E-state index is 12.3. The van der Waals surface area contributed by atoms with Crippen molar-refractivity contribution in [2.24, 2.45) is 0 Å². The highest BCUT2D eigenvalue weighted by Crippen LogP contribution is 2.23. The summed E-state index contributed by atoms with van der Waals surface area (Å²) in [6, 6.07) is 6.35. The fourth-order valence-corrected chi connectivity index (χ4v) is 4.77. The standard InChI is InChI=1S/C15H16N2O5S/c1-15(6-8-23(20,21)9-15)17-14(19)10-4-5-11(16-13(10)18)12-3-2-7-22-12/h2-5,7H,6,8-9H2,1H3,(H,16,18)(H,17,19)/t15-/m0/s1. The number of hydrogen-bond donors (Lipinski definition) is 2. The Balaban J connectivity index is 1.82. The van der Waals surface area contributed by atoms with E-state index < -0.39 is 26.8 Å². The van der Waals surface area contributed by atoms with Gasteiger partial charge < -0.3 is 14.7 Å². The average Bonchev–Trinajstić information content (AvgIpc) is 3.06. The Morgan fingerprint density at radius 1 is 1.35 bits per heavy atom. The van der Waals surface area contributed by atoms with E-state index in [0.29, 0.717) is 17.9 Å². The summed E-state index contributed by atoms with van der Waals surface area (Å²) < 4.78 is 28.3. The van der Waals surface area contributed by atoms with Crippen LogP contribution in [0.25, 0.3) is 11.5 Å². The van der Waals surface area contributed by atoms with Gasteiger partial charge in [0, 0.05) is 0 Å². The minimum atomic E-state index is -3.14. The number of furan rings is 1. The van der Waals surface area contributed by atoms with E-state index in [1.165, 1.54) is 12.3 Å². The summed E-state index contributed by atoms with van der Waals surface area (Å²) in [5.74, 6) is -0.175. The number of carbonyl (C=O) groups excluding carboxylic acids is 1. The smallest absolute Gasteiger partial charge is 0.261 e. The van der Waals surface area contributed by atoms with E-state index in [1.807, 2.05) is 0 Å². The third kappa shape index (κ3) is 3.21. The van der Waals surface area contributed by atoms with Crippen molar-refractivity contribution < 1.29 is 17.6 Å². The molecule has 0 spiro atoms. The van der Waals surface area contributed by atoms with Gasteiger partial charge in [-0.05, 0) is 37.6 Å². The van der Waals surface area contributed by atoms with Gasteiger partial charge in [0.2, 0.25) is 0 Å². The molecule has 0 aliphatic carbocycles. The topological polar surface area (TPSA) is 109 Å². The molecule has 1 saturated heterocycles. The number of rotatable bonds is 3. The van der Waals surface area contributed by atoms with Gasteiger partial charge in [-0.15, -0.1) is 0 Å². The highest BCUT2D eigenvalue weighted by molar-refractivity contribution is 7.91. The van der Waals surface area contributed by atoms with Crippen LogP contribution in [0.15, 0.2) is 39.7 Å². The minimum absolute atomic E-state index is 0.0393. The molecule has 0 bridgehead atoms. The molecule has 8 heteroatoms. The SMILES string of the molecule is C[C@]1(NC(=O)c2ccc(-c3ccco3)[nH]c2=O)CCS(=O)(=O)C1. The predicted molar refractivity (Wildman–Crippen MR) is 83.9 cm³/mol. The average molecular weight is 336 g/mol. The molecule has 1 atom stereocenters. The number of nitrogens with one attached hydrogen (secondary N) is 2. The third-order valence-electron chi connectivity index (χ3n) is 3.86. The van der Waals surface area contributed by atoms with Crippen LogP contribution in [-0.2, 0) is 9.84 Å². The van der Waals surface area contributed by atoms with Gasteiger partial charge in [0.15, 0.2) is 9.84 Å². The molecule has 0 radical (unpaired) electrons. The fourth-order valence-electron chi connectivity index (χ4n) is 2.68. The number of hydrogen-bond acceptors (Lipinski definition) is 5. The van der Waals surface area contributed by atoms with Crippen molar-refractivity contribution in [3.05, 3.63) is 46.4 Å². The summed E-state index contributed by atoms with van der Waals surface area (Å²) in [5, 5.41) is 2.66. The molecule has 0 saturated carbocycles. The molecule has 2 aromatic heterocycles. The zero-order chi connectivity index (χ0) is 16.7. The first-order chi connectivity index (χ1) is 10.8. The molecule has 1 aliphatic heterocycles. The Morgan fingerprint density at radius 2 is 2.13 bits per heavy atom. The summed E-state index contributed by atoms with van der Waals surface area (Å²) in [5.41, 5.74) is -1.000. The molecule has 23 heavy (non-hydrogen) atoms. The summed E-state index contributed by atoms with van der Waals surface area (Å²) in [4.78, 5) is 27.0. The van der Waals surface area contributed by atoms with Gasteiger partial charge in [0.25, 0.3) is 11.5 Å². The number of amides is 1. The lowest BCUT2D eigenvalue weighted by Gasteiger charge is -2.23. The number of H-pyrrole nitrogens is 1. The zero-order valence-corrected chi connectivity index (χ0v) is 13.3. The Labute approximate surface area is 132 Å². The molecular formula is C15H16N2O5S. The van der Waals surface area contributed by atoms with Crippen LogP contribution in [-0.4, -0.2) is 36.4 Å². The summed E-state index contributed by atoms with van der Waals surface area (Å²) in [7, 11) is -3.14. The molecule has 3 heterocycles. The molecule has 122 valence electrons. The predicted octanol–water partition coefficient (Wildman–Crippen LogP) is 0.942. The minimum Gasteiger partial charge on any atom is -0.463 e. The van der Waals surface area contributed by atoms with Gasteiger partial charge in [-0.3, -0.25) is 9.59 Å². The van der Waals surface area contributed by atoms with E-state index in [4.69, 9.17) is 4.42 Å². The lowest BCUT2D eigenvalue weighted by molar-refractivity contribution is 0.0914. The molecule has 1 amide bonds. The first-order valence-corrected chi connectivity index (χ1v) is 8.90. The van der Waals surface area contributed by atoms with E-state index in [9.17, 15) is 18.0 Å². The van der Waals surface area contributed by atoms with Crippen LogP contribution in [0.3, 0.4) is 0 Å². The maximum absolute atomic E-state index is 12.3. The molecular weight excluding hydrogens is 320 g/mol. The third-order valence-corrected chi connectivity index (χ3v) is 5.76. The van der Waals surface area contributed by atoms with Gasteiger partial charge in [0.05, 0.1) is 29.0 Å².